The molecule has 1 aromatic rings. The minimum Gasteiger partial charge on any atom is -0.378 e. The molecule has 0 spiro atoms. The number of para-hydroxylation sites is 1. The lowest BCUT2D eigenvalue weighted by Crippen LogP contribution is -2.41. The van der Waals surface area contributed by atoms with Crippen LogP contribution in [0.1, 0.15) is 50.4 Å². The fourth-order valence-corrected chi connectivity index (χ4v) is 2.82. The molecule has 6 heteroatoms. The molecular weight excluding hydrogens is 330 g/mol. The summed E-state index contributed by atoms with van der Waals surface area (Å²) in [5.74, 6) is -0.153. The molecule has 26 heavy (non-hydrogen) atoms. The molecule has 1 heterocycles. The van der Waals surface area contributed by atoms with E-state index in [1.54, 1.807) is 12.1 Å². The predicted octanol–water partition coefficient (Wildman–Crippen LogP) is 2.64. The second-order valence-electron chi connectivity index (χ2n) is 7.75. The van der Waals surface area contributed by atoms with Crippen LogP contribution in [-0.4, -0.2) is 49.1 Å². The molecule has 144 valence electrons. The minimum absolute atomic E-state index is 0.0461. The molecule has 0 radical (unpaired) electrons. The molecule has 0 unspecified atom stereocenters. The summed E-state index contributed by atoms with van der Waals surface area (Å²) in [6.07, 6.45) is 2.71. The second kappa shape index (κ2) is 9.14. The highest BCUT2D eigenvalue weighted by molar-refractivity contribution is 6.04. The number of hydrogen-bond acceptors (Lipinski definition) is 4. The highest BCUT2D eigenvalue weighted by Crippen LogP contribution is 2.23. The lowest BCUT2D eigenvalue weighted by atomic mass is 9.95. The zero-order valence-corrected chi connectivity index (χ0v) is 16.1. The lowest BCUT2D eigenvalue weighted by molar-refractivity contribution is -0.123. The van der Waals surface area contributed by atoms with Crippen molar-refractivity contribution in [3.63, 3.8) is 0 Å². The summed E-state index contributed by atoms with van der Waals surface area (Å²) in [4.78, 5) is 27.1. The van der Waals surface area contributed by atoms with Crippen LogP contribution in [0.25, 0.3) is 0 Å². The van der Waals surface area contributed by atoms with E-state index in [2.05, 4.69) is 5.32 Å². The summed E-state index contributed by atoms with van der Waals surface area (Å²) in [7, 11) is 0. The number of nitrogens with two attached hydrogens (primary N) is 1. The van der Waals surface area contributed by atoms with Gasteiger partial charge in [0.2, 0.25) is 5.91 Å². The van der Waals surface area contributed by atoms with Gasteiger partial charge in [0.05, 0.1) is 17.4 Å². The average Bonchev–Trinajstić information content (AvgIpc) is 2.61. The van der Waals surface area contributed by atoms with Gasteiger partial charge in [-0.15, -0.1) is 0 Å². The molecular formula is C20H31N3O3. The van der Waals surface area contributed by atoms with E-state index in [1.807, 2.05) is 37.8 Å². The Morgan fingerprint density at radius 2 is 1.88 bits per heavy atom. The number of carbonyl (C=O) groups excluding carboxylic acids is 2. The highest BCUT2D eigenvalue weighted by Gasteiger charge is 2.27. The Morgan fingerprint density at radius 1 is 1.23 bits per heavy atom. The van der Waals surface area contributed by atoms with Crippen molar-refractivity contribution in [1.82, 2.24) is 4.90 Å². The molecule has 3 N–H and O–H groups in total. The maximum Gasteiger partial charge on any atom is 0.255 e. The molecule has 1 saturated heterocycles. The number of ether oxygens (including phenoxy) is 1. The maximum atomic E-state index is 12.9. The number of benzene rings is 1. The first-order chi connectivity index (χ1) is 12.3. The molecule has 2 rings (SSSR count). The van der Waals surface area contributed by atoms with E-state index < -0.39 is 5.41 Å². The van der Waals surface area contributed by atoms with Gasteiger partial charge in [0.15, 0.2) is 0 Å². The molecule has 0 bridgehead atoms. The van der Waals surface area contributed by atoms with Crippen LogP contribution in [0, 0.1) is 5.41 Å². The smallest absolute Gasteiger partial charge is 0.255 e. The molecule has 1 aromatic carbocycles. The molecule has 0 atom stereocenters. The third kappa shape index (κ3) is 5.54. The van der Waals surface area contributed by atoms with Gasteiger partial charge in [-0.3, -0.25) is 9.59 Å². The number of amides is 2. The summed E-state index contributed by atoms with van der Waals surface area (Å²) < 4.78 is 5.80. The van der Waals surface area contributed by atoms with Gasteiger partial charge in [-0.2, -0.15) is 0 Å². The number of piperidine rings is 1. The van der Waals surface area contributed by atoms with Crippen LogP contribution in [-0.2, 0) is 9.53 Å². The Bertz CT molecular complexity index is 617. The van der Waals surface area contributed by atoms with Crippen LogP contribution in [0.5, 0.6) is 0 Å². The summed E-state index contributed by atoms with van der Waals surface area (Å²) >= 11 is 0. The predicted molar refractivity (Wildman–Crippen MR) is 103 cm³/mol. The van der Waals surface area contributed by atoms with Gasteiger partial charge in [0, 0.05) is 25.1 Å². The number of rotatable bonds is 6. The van der Waals surface area contributed by atoms with Gasteiger partial charge in [-0.1, -0.05) is 32.9 Å². The van der Waals surface area contributed by atoms with Crippen molar-refractivity contribution in [2.24, 2.45) is 11.1 Å². The van der Waals surface area contributed by atoms with E-state index in [4.69, 9.17) is 10.5 Å². The topological polar surface area (TPSA) is 84.7 Å². The second-order valence-corrected chi connectivity index (χ2v) is 7.75. The van der Waals surface area contributed by atoms with Crippen LogP contribution in [0.2, 0.25) is 0 Å². The van der Waals surface area contributed by atoms with E-state index in [0.29, 0.717) is 37.5 Å². The van der Waals surface area contributed by atoms with Crippen molar-refractivity contribution in [2.45, 2.75) is 46.1 Å². The average molecular weight is 361 g/mol. The van der Waals surface area contributed by atoms with Crippen molar-refractivity contribution in [3.8, 4) is 0 Å². The van der Waals surface area contributed by atoms with Crippen molar-refractivity contribution < 1.29 is 14.3 Å². The fourth-order valence-electron chi connectivity index (χ4n) is 2.82. The van der Waals surface area contributed by atoms with Gasteiger partial charge in [0.25, 0.3) is 5.91 Å². The molecule has 1 aliphatic heterocycles. The van der Waals surface area contributed by atoms with Crippen LogP contribution in [0.15, 0.2) is 24.3 Å². The monoisotopic (exact) mass is 361 g/mol. The number of nitrogens with one attached hydrogen (secondary N) is 1. The largest absolute Gasteiger partial charge is 0.378 e. The first-order valence-corrected chi connectivity index (χ1v) is 9.34. The highest BCUT2D eigenvalue weighted by atomic mass is 16.5. The van der Waals surface area contributed by atoms with Crippen LogP contribution < -0.4 is 11.1 Å². The summed E-state index contributed by atoms with van der Waals surface area (Å²) in [5, 5.41) is 2.89. The standard InChI is InChI=1S/C20H31N3O3/c1-20(2,3)19(25)22-17-8-5-4-7-16(17)18(24)23-12-9-15(10-13-23)26-14-6-11-21/h4-5,7-8,15H,6,9-14,21H2,1-3H3,(H,22,25). The van der Waals surface area contributed by atoms with E-state index in [0.717, 1.165) is 19.3 Å². The van der Waals surface area contributed by atoms with Gasteiger partial charge in [-0.25, -0.2) is 0 Å². The fraction of sp³-hybridized carbons (Fsp3) is 0.600. The third-order valence-electron chi connectivity index (χ3n) is 4.52. The number of likely N-dealkylation sites (tertiary alicyclic amines) is 1. The maximum absolute atomic E-state index is 12.9. The van der Waals surface area contributed by atoms with Crippen LogP contribution in [0.3, 0.4) is 0 Å². The Hall–Kier alpha value is -1.92. The molecule has 0 aliphatic carbocycles. The summed E-state index contributed by atoms with van der Waals surface area (Å²) in [6.45, 7) is 8.18. The number of carbonyl (C=O) groups is 2. The molecule has 0 saturated carbocycles. The van der Waals surface area contributed by atoms with Crippen molar-refractivity contribution in [1.29, 1.82) is 0 Å². The zero-order valence-electron chi connectivity index (χ0n) is 16.1. The van der Waals surface area contributed by atoms with E-state index in [1.165, 1.54) is 0 Å². The normalized spacial score (nSPS) is 15.8. The molecule has 0 aromatic heterocycles. The van der Waals surface area contributed by atoms with Gasteiger partial charge in [0.1, 0.15) is 0 Å². The molecule has 1 fully saturated rings. The van der Waals surface area contributed by atoms with E-state index in [-0.39, 0.29) is 17.9 Å². The van der Waals surface area contributed by atoms with Crippen molar-refractivity contribution >= 4 is 17.5 Å². The van der Waals surface area contributed by atoms with E-state index in [9.17, 15) is 9.59 Å². The first kappa shape index (κ1) is 20.4. The van der Waals surface area contributed by atoms with Crippen LogP contribution in [0.4, 0.5) is 5.69 Å². The summed E-state index contributed by atoms with van der Waals surface area (Å²) in [5.41, 5.74) is 6.07. The molecule has 1 aliphatic rings. The van der Waals surface area contributed by atoms with Gasteiger partial charge in [-0.05, 0) is 37.9 Å². The number of hydrogen-bond donors (Lipinski definition) is 2. The number of anilines is 1. The van der Waals surface area contributed by atoms with E-state index >= 15 is 0 Å². The molecule has 2 amide bonds. The van der Waals surface area contributed by atoms with Crippen molar-refractivity contribution in [3.05, 3.63) is 29.8 Å². The Labute approximate surface area is 156 Å². The lowest BCUT2D eigenvalue weighted by Gasteiger charge is -2.32. The van der Waals surface area contributed by atoms with Crippen LogP contribution >= 0.6 is 0 Å². The Balaban J connectivity index is 1.99. The quantitative estimate of drug-likeness (QED) is 0.763. The minimum atomic E-state index is -0.518. The van der Waals surface area contributed by atoms with Crippen molar-refractivity contribution in [2.75, 3.05) is 31.6 Å². The Kier molecular flexibility index (Phi) is 7.17. The summed E-state index contributed by atoms with van der Waals surface area (Å²) in [6, 6.07) is 7.19. The van der Waals surface area contributed by atoms with Gasteiger partial charge < -0.3 is 20.7 Å². The molecule has 6 nitrogen and oxygen atoms in total. The third-order valence-corrected chi connectivity index (χ3v) is 4.52. The SMILES string of the molecule is CC(C)(C)C(=O)Nc1ccccc1C(=O)N1CCC(OCCCN)CC1. The van der Waals surface area contributed by atoms with Gasteiger partial charge >= 0.3 is 0 Å². The first-order valence-electron chi connectivity index (χ1n) is 9.34. The Morgan fingerprint density at radius 3 is 2.50 bits per heavy atom. The zero-order chi connectivity index (χ0) is 19.2. The number of nitrogens with zero attached hydrogens (tertiary/aromatic N) is 1.